The molecule has 0 saturated heterocycles. The molecular formula is C13H18N4O5. The summed E-state index contributed by atoms with van der Waals surface area (Å²) in [5.41, 5.74) is -2.07. The van der Waals surface area contributed by atoms with Crippen molar-refractivity contribution >= 4 is 17.6 Å². The Kier molecular flexibility index (Phi) is 4.16. The van der Waals surface area contributed by atoms with Gasteiger partial charge in [-0.05, 0) is 12.8 Å². The van der Waals surface area contributed by atoms with E-state index in [1.54, 1.807) is 0 Å². The summed E-state index contributed by atoms with van der Waals surface area (Å²) in [6.45, 7) is 0. The van der Waals surface area contributed by atoms with Crippen LogP contribution in [-0.4, -0.2) is 49.2 Å². The quantitative estimate of drug-likeness (QED) is 0.659. The van der Waals surface area contributed by atoms with E-state index in [2.05, 4.69) is 5.10 Å². The van der Waals surface area contributed by atoms with Gasteiger partial charge in [0.1, 0.15) is 11.7 Å². The Morgan fingerprint density at radius 3 is 2.50 bits per heavy atom. The highest BCUT2D eigenvalue weighted by molar-refractivity contribution is 5.99. The number of carboxylic acids is 1. The highest BCUT2D eigenvalue weighted by atomic mass is 16.6. The molecule has 1 heterocycles. The monoisotopic (exact) mass is 310 g/mol. The second kappa shape index (κ2) is 5.74. The van der Waals surface area contributed by atoms with E-state index in [0.717, 1.165) is 17.5 Å². The molecule has 1 saturated carbocycles. The average Bonchev–Trinajstić information content (AvgIpc) is 2.88. The van der Waals surface area contributed by atoms with Crippen LogP contribution in [0.25, 0.3) is 0 Å². The van der Waals surface area contributed by atoms with Crippen LogP contribution in [0, 0.1) is 10.1 Å². The number of rotatable bonds is 4. The second-order valence-electron chi connectivity index (χ2n) is 5.56. The molecule has 0 aliphatic heterocycles. The highest BCUT2D eigenvalue weighted by Gasteiger charge is 2.47. The molecule has 1 amide bonds. The summed E-state index contributed by atoms with van der Waals surface area (Å²) >= 11 is 0. The van der Waals surface area contributed by atoms with E-state index in [4.69, 9.17) is 0 Å². The molecule has 0 spiro atoms. The number of hydrogen-bond acceptors (Lipinski definition) is 5. The van der Waals surface area contributed by atoms with E-state index in [9.17, 15) is 24.8 Å². The first-order valence-corrected chi connectivity index (χ1v) is 6.99. The third kappa shape index (κ3) is 2.53. The zero-order valence-electron chi connectivity index (χ0n) is 12.5. The number of nitrogens with zero attached hydrogens (tertiary/aromatic N) is 4. The first kappa shape index (κ1) is 15.9. The first-order valence-electron chi connectivity index (χ1n) is 6.99. The molecular weight excluding hydrogens is 292 g/mol. The molecule has 0 radical (unpaired) electrons. The van der Waals surface area contributed by atoms with E-state index in [0.29, 0.717) is 25.7 Å². The number of aromatic nitrogens is 2. The van der Waals surface area contributed by atoms with Crippen molar-refractivity contribution in [2.45, 2.75) is 37.6 Å². The Morgan fingerprint density at radius 1 is 1.41 bits per heavy atom. The molecule has 2 rings (SSSR count). The predicted octanol–water partition coefficient (Wildman–Crippen LogP) is 1.19. The van der Waals surface area contributed by atoms with Gasteiger partial charge in [0.25, 0.3) is 5.91 Å². The molecule has 120 valence electrons. The Labute approximate surface area is 126 Å². The van der Waals surface area contributed by atoms with Crippen molar-refractivity contribution in [3.8, 4) is 0 Å². The van der Waals surface area contributed by atoms with Crippen molar-refractivity contribution in [3.05, 3.63) is 22.0 Å². The molecule has 9 nitrogen and oxygen atoms in total. The molecule has 1 fully saturated rings. The van der Waals surface area contributed by atoms with Crippen LogP contribution in [-0.2, 0) is 11.8 Å². The fraction of sp³-hybridized carbons (Fsp3) is 0.615. The van der Waals surface area contributed by atoms with Gasteiger partial charge in [0.15, 0.2) is 0 Å². The molecule has 1 aromatic rings. The lowest BCUT2D eigenvalue weighted by molar-refractivity contribution is -0.385. The summed E-state index contributed by atoms with van der Waals surface area (Å²) in [5.74, 6) is -1.82. The Hall–Kier alpha value is -2.45. The lowest BCUT2D eigenvalue weighted by Gasteiger charge is -2.40. The number of likely N-dealkylation sites (N-methyl/N-ethyl adjacent to an activating group) is 1. The third-order valence-corrected chi connectivity index (χ3v) is 4.23. The zero-order valence-corrected chi connectivity index (χ0v) is 12.5. The van der Waals surface area contributed by atoms with E-state index >= 15 is 0 Å². The summed E-state index contributed by atoms with van der Waals surface area (Å²) in [7, 11) is 2.84. The van der Waals surface area contributed by atoms with E-state index in [-0.39, 0.29) is 5.69 Å². The number of aryl methyl sites for hydroxylation is 1. The van der Waals surface area contributed by atoms with Gasteiger partial charge in [-0.1, -0.05) is 19.3 Å². The maximum absolute atomic E-state index is 12.6. The lowest BCUT2D eigenvalue weighted by Crippen LogP contribution is -2.56. The molecule has 22 heavy (non-hydrogen) atoms. The van der Waals surface area contributed by atoms with Gasteiger partial charge in [-0.2, -0.15) is 5.10 Å². The van der Waals surface area contributed by atoms with E-state index in [1.165, 1.54) is 18.8 Å². The summed E-state index contributed by atoms with van der Waals surface area (Å²) in [4.78, 5) is 35.7. The fourth-order valence-corrected chi connectivity index (χ4v) is 2.94. The molecule has 1 aromatic heterocycles. The number of amides is 1. The Morgan fingerprint density at radius 2 is 2.00 bits per heavy atom. The number of hydrogen-bond donors (Lipinski definition) is 1. The minimum atomic E-state index is -1.32. The van der Waals surface area contributed by atoms with E-state index < -0.39 is 28.0 Å². The van der Waals surface area contributed by atoms with Crippen LogP contribution >= 0.6 is 0 Å². The van der Waals surface area contributed by atoms with Crippen molar-refractivity contribution < 1.29 is 19.6 Å². The summed E-state index contributed by atoms with van der Waals surface area (Å²) in [5, 5.41) is 24.4. The van der Waals surface area contributed by atoms with Gasteiger partial charge in [0.2, 0.25) is 5.69 Å². The van der Waals surface area contributed by atoms with Crippen LogP contribution in [0.5, 0.6) is 0 Å². The lowest BCUT2D eigenvalue weighted by atomic mass is 9.80. The summed E-state index contributed by atoms with van der Waals surface area (Å²) < 4.78 is 1.17. The van der Waals surface area contributed by atoms with Crippen LogP contribution in [0.2, 0.25) is 0 Å². The largest absolute Gasteiger partial charge is 0.479 e. The van der Waals surface area contributed by atoms with Gasteiger partial charge in [-0.25, -0.2) is 4.79 Å². The van der Waals surface area contributed by atoms with Crippen LogP contribution < -0.4 is 0 Å². The van der Waals surface area contributed by atoms with Gasteiger partial charge >= 0.3 is 11.7 Å². The third-order valence-electron chi connectivity index (χ3n) is 4.23. The van der Waals surface area contributed by atoms with Crippen molar-refractivity contribution in [2.75, 3.05) is 7.05 Å². The van der Waals surface area contributed by atoms with Crippen LogP contribution in [0.3, 0.4) is 0 Å². The normalized spacial score (nSPS) is 17.0. The molecule has 1 N–H and O–H groups in total. The van der Waals surface area contributed by atoms with Gasteiger partial charge in [-0.3, -0.25) is 19.6 Å². The first-order chi connectivity index (χ1) is 10.3. The Bertz CT molecular complexity index is 618. The standard InChI is InChI=1S/C13H18N4O5/c1-15-8-9(17(21)22)10(14-15)11(18)16(2)13(12(19)20)6-4-3-5-7-13/h8H,3-7H2,1-2H3,(H,19,20). The molecule has 1 aliphatic carbocycles. The number of carbonyl (C=O) groups excluding carboxylic acids is 1. The molecule has 9 heteroatoms. The minimum absolute atomic E-state index is 0.332. The number of carboxylic acid groups (broad SMARTS) is 1. The summed E-state index contributed by atoms with van der Waals surface area (Å²) in [6, 6.07) is 0. The molecule has 0 atom stereocenters. The number of aliphatic carboxylic acids is 1. The molecule has 1 aliphatic rings. The minimum Gasteiger partial charge on any atom is -0.479 e. The maximum Gasteiger partial charge on any atom is 0.329 e. The zero-order chi connectivity index (χ0) is 16.5. The van der Waals surface area contributed by atoms with Crippen molar-refractivity contribution in [1.82, 2.24) is 14.7 Å². The van der Waals surface area contributed by atoms with Crippen LogP contribution in [0.1, 0.15) is 42.6 Å². The number of nitro groups is 1. The SMILES string of the molecule is CN(C(=O)c1nn(C)cc1[N+](=O)[O-])C1(C(=O)O)CCCCC1. The molecule has 0 bridgehead atoms. The molecule has 0 aromatic carbocycles. The second-order valence-corrected chi connectivity index (χ2v) is 5.56. The Balaban J connectivity index is 2.39. The van der Waals surface area contributed by atoms with Gasteiger partial charge in [-0.15, -0.1) is 0 Å². The van der Waals surface area contributed by atoms with Gasteiger partial charge < -0.3 is 10.0 Å². The maximum atomic E-state index is 12.6. The van der Waals surface area contributed by atoms with E-state index in [1.807, 2.05) is 0 Å². The average molecular weight is 310 g/mol. The van der Waals surface area contributed by atoms with Crippen molar-refractivity contribution in [3.63, 3.8) is 0 Å². The van der Waals surface area contributed by atoms with Crippen LogP contribution in [0.15, 0.2) is 6.20 Å². The fourth-order valence-electron chi connectivity index (χ4n) is 2.94. The predicted molar refractivity (Wildman–Crippen MR) is 75.4 cm³/mol. The van der Waals surface area contributed by atoms with Gasteiger partial charge in [0, 0.05) is 14.1 Å². The number of carbonyl (C=O) groups is 2. The topological polar surface area (TPSA) is 119 Å². The van der Waals surface area contributed by atoms with Crippen molar-refractivity contribution in [1.29, 1.82) is 0 Å². The smallest absolute Gasteiger partial charge is 0.329 e. The van der Waals surface area contributed by atoms with Gasteiger partial charge in [0.05, 0.1) is 4.92 Å². The summed E-state index contributed by atoms with van der Waals surface area (Å²) in [6.07, 6.45) is 4.13. The van der Waals surface area contributed by atoms with Crippen molar-refractivity contribution in [2.24, 2.45) is 7.05 Å². The molecule has 0 unspecified atom stereocenters. The van der Waals surface area contributed by atoms with Crippen LogP contribution in [0.4, 0.5) is 5.69 Å². The highest BCUT2D eigenvalue weighted by Crippen LogP contribution is 2.34.